The zero-order chi connectivity index (χ0) is 15.5. The summed E-state index contributed by atoms with van der Waals surface area (Å²) in [7, 11) is 0. The van der Waals surface area contributed by atoms with Crippen molar-refractivity contribution in [2.45, 2.75) is 0 Å². The van der Waals surface area contributed by atoms with E-state index < -0.39 is 0 Å². The molecule has 0 unspecified atom stereocenters. The highest BCUT2D eigenvalue weighted by atomic mass is 79.9. The predicted molar refractivity (Wildman–Crippen MR) is 98.3 cm³/mol. The van der Waals surface area contributed by atoms with Crippen LogP contribution in [-0.4, -0.2) is 9.78 Å². The third-order valence-corrected chi connectivity index (χ3v) is 4.86. The van der Waals surface area contributed by atoms with Gasteiger partial charge in [-0.05, 0) is 60.7 Å². The van der Waals surface area contributed by atoms with Crippen LogP contribution in [0, 0.1) is 3.95 Å². The van der Waals surface area contributed by atoms with Crippen LogP contribution in [0.5, 0.6) is 0 Å². The lowest BCUT2D eigenvalue weighted by Gasteiger charge is -1.99. The van der Waals surface area contributed by atoms with E-state index >= 15 is 0 Å². The number of rotatable bonds is 3. The normalized spacial score (nSPS) is 11.2. The van der Waals surface area contributed by atoms with Gasteiger partial charge in [-0.3, -0.25) is 0 Å². The molecule has 0 fully saturated rings. The molecule has 3 rings (SSSR count). The smallest absolute Gasteiger partial charge is 0.210 e. The fourth-order valence-corrected chi connectivity index (χ4v) is 3.15. The van der Waals surface area contributed by atoms with E-state index in [1.165, 1.54) is 11.3 Å². The monoisotopic (exact) mass is 454 g/mol. The predicted octanol–water partition coefficient (Wildman–Crippen LogP) is 6.60. The molecule has 1 heterocycles. The molecule has 0 aliphatic heterocycles. The summed E-state index contributed by atoms with van der Waals surface area (Å²) in [6.45, 7) is 0. The molecule has 0 atom stereocenters. The molecule has 0 radical (unpaired) electrons. The lowest BCUT2D eigenvalue weighted by atomic mass is 10.3. The molecule has 8 heteroatoms. The van der Waals surface area contributed by atoms with Gasteiger partial charge in [0, 0.05) is 8.95 Å². The fourth-order valence-electron chi connectivity index (χ4n) is 1.66. The number of benzene rings is 2. The summed E-state index contributed by atoms with van der Waals surface area (Å²) in [6.07, 6.45) is 0. The van der Waals surface area contributed by atoms with Crippen molar-refractivity contribution in [3.63, 3.8) is 0 Å². The van der Waals surface area contributed by atoms with Gasteiger partial charge >= 0.3 is 0 Å². The van der Waals surface area contributed by atoms with Gasteiger partial charge in [-0.1, -0.05) is 43.2 Å². The van der Waals surface area contributed by atoms with Crippen molar-refractivity contribution in [1.82, 2.24) is 9.78 Å². The molecule has 0 amide bonds. The highest BCUT2D eigenvalue weighted by Gasteiger charge is 2.05. The van der Waals surface area contributed by atoms with Crippen LogP contribution in [0.4, 0.5) is 10.8 Å². The Balaban J connectivity index is 1.87. The maximum Gasteiger partial charge on any atom is 0.251 e. The van der Waals surface area contributed by atoms with Gasteiger partial charge in [0.25, 0.3) is 5.13 Å². The minimum Gasteiger partial charge on any atom is -0.210 e. The first-order valence-corrected chi connectivity index (χ1v) is 8.96. The van der Waals surface area contributed by atoms with E-state index in [2.05, 4.69) is 47.2 Å². The third-order valence-electron chi connectivity index (χ3n) is 2.69. The quantitative estimate of drug-likeness (QED) is 0.329. The van der Waals surface area contributed by atoms with Crippen LogP contribution >= 0.6 is 55.4 Å². The van der Waals surface area contributed by atoms with E-state index in [1.807, 2.05) is 48.5 Å². The Morgan fingerprint density at radius 2 is 1.50 bits per heavy atom. The molecule has 1 aromatic heterocycles. The summed E-state index contributed by atoms with van der Waals surface area (Å²) in [4.78, 5) is 0. The Morgan fingerprint density at radius 3 is 2.14 bits per heavy atom. The summed E-state index contributed by atoms with van der Waals surface area (Å²) in [5.41, 5.74) is 1.66. The molecule has 0 saturated heterocycles. The Hall–Kier alpha value is -1.22. The first-order valence-electron chi connectivity index (χ1n) is 6.15. The topological polar surface area (TPSA) is 42.5 Å². The molecule has 0 aliphatic carbocycles. The highest BCUT2D eigenvalue weighted by Crippen LogP contribution is 2.25. The van der Waals surface area contributed by atoms with Gasteiger partial charge in [-0.2, -0.15) is 0 Å². The second kappa shape index (κ2) is 6.91. The van der Waals surface area contributed by atoms with Crippen molar-refractivity contribution in [2.75, 3.05) is 0 Å². The van der Waals surface area contributed by atoms with Gasteiger partial charge in [0.2, 0.25) is 0 Å². The van der Waals surface area contributed by atoms with E-state index in [4.69, 9.17) is 12.2 Å². The highest BCUT2D eigenvalue weighted by molar-refractivity contribution is 9.10. The molecule has 0 spiro atoms. The van der Waals surface area contributed by atoms with Crippen LogP contribution < -0.4 is 0 Å². The average molecular weight is 456 g/mol. The van der Waals surface area contributed by atoms with Crippen molar-refractivity contribution in [3.8, 4) is 5.69 Å². The lowest BCUT2D eigenvalue weighted by molar-refractivity contribution is 0.865. The number of nitrogens with zero attached hydrogens (tertiary/aromatic N) is 4. The SMILES string of the molecule is S=c1sc(N=Nc2ccc(Br)cc2)nn1-c1ccc(Br)cc1. The van der Waals surface area contributed by atoms with E-state index in [0.29, 0.717) is 9.09 Å². The van der Waals surface area contributed by atoms with Gasteiger partial charge in [0.15, 0.2) is 3.95 Å². The molecule has 0 N–H and O–H groups in total. The zero-order valence-electron chi connectivity index (χ0n) is 11.0. The molecular weight excluding hydrogens is 448 g/mol. The maximum atomic E-state index is 5.34. The van der Waals surface area contributed by atoms with Crippen LogP contribution in [0.2, 0.25) is 0 Å². The Kier molecular flexibility index (Phi) is 4.92. The molecular formula is C14H8Br2N4S2. The molecule has 3 aromatic rings. The van der Waals surface area contributed by atoms with Crippen molar-refractivity contribution in [1.29, 1.82) is 0 Å². The number of aromatic nitrogens is 2. The second-order valence-electron chi connectivity index (χ2n) is 4.22. The number of halogens is 2. The van der Waals surface area contributed by atoms with Crippen molar-refractivity contribution in [3.05, 3.63) is 61.4 Å². The van der Waals surface area contributed by atoms with Crippen molar-refractivity contribution in [2.24, 2.45) is 10.2 Å². The van der Waals surface area contributed by atoms with Gasteiger partial charge in [0.1, 0.15) is 0 Å². The molecule has 110 valence electrons. The minimum absolute atomic E-state index is 0.524. The van der Waals surface area contributed by atoms with Crippen LogP contribution in [-0.2, 0) is 0 Å². The first-order chi connectivity index (χ1) is 10.6. The summed E-state index contributed by atoms with van der Waals surface area (Å²) < 4.78 is 4.32. The van der Waals surface area contributed by atoms with Gasteiger partial charge in [-0.25, -0.2) is 4.68 Å². The van der Waals surface area contributed by atoms with Gasteiger partial charge in [-0.15, -0.1) is 15.3 Å². The number of hydrogen-bond acceptors (Lipinski definition) is 5. The van der Waals surface area contributed by atoms with E-state index in [0.717, 1.165) is 20.3 Å². The second-order valence-corrected chi connectivity index (χ2v) is 7.65. The molecule has 0 saturated carbocycles. The fraction of sp³-hybridized carbons (Fsp3) is 0. The Bertz CT molecular complexity index is 867. The molecule has 2 aromatic carbocycles. The number of azo groups is 1. The number of hydrogen-bond donors (Lipinski definition) is 0. The maximum absolute atomic E-state index is 5.34. The third kappa shape index (κ3) is 3.75. The van der Waals surface area contributed by atoms with E-state index in [9.17, 15) is 0 Å². The van der Waals surface area contributed by atoms with E-state index in [1.54, 1.807) is 4.68 Å². The van der Waals surface area contributed by atoms with Crippen LogP contribution in [0.3, 0.4) is 0 Å². The van der Waals surface area contributed by atoms with E-state index in [-0.39, 0.29) is 0 Å². The van der Waals surface area contributed by atoms with Crippen LogP contribution in [0.1, 0.15) is 0 Å². The zero-order valence-corrected chi connectivity index (χ0v) is 15.8. The Morgan fingerprint density at radius 1 is 0.909 bits per heavy atom. The molecule has 4 nitrogen and oxygen atoms in total. The van der Waals surface area contributed by atoms with Crippen molar-refractivity contribution >= 4 is 66.2 Å². The van der Waals surface area contributed by atoms with Gasteiger partial charge in [0.05, 0.1) is 11.4 Å². The van der Waals surface area contributed by atoms with Crippen molar-refractivity contribution < 1.29 is 0 Å². The average Bonchev–Trinajstić information content (AvgIpc) is 2.89. The molecule has 0 aliphatic rings. The first kappa shape index (κ1) is 15.7. The lowest BCUT2D eigenvalue weighted by Crippen LogP contribution is -1.94. The standard InChI is InChI=1S/C14H8Br2N4S2/c15-9-1-5-11(6-2-9)17-18-13-19-20(14(21)22-13)12-7-3-10(16)4-8-12/h1-8H. The summed E-state index contributed by atoms with van der Waals surface area (Å²) in [5.74, 6) is 0. The summed E-state index contributed by atoms with van der Waals surface area (Å²) in [6, 6.07) is 15.3. The van der Waals surface area contributed by atoms with Gasteiger partial charge < -0.3 is 0 Å². The van der Waals surface area contributed by atoms with Crippen LogP contribution in [0.25, 0.3) is 5.69 Å². The summed E-state index contributed by atoms with van der Waals surface area (Å²) in [5, 5.41) is 13.2. The largest absolute Gasteiger partial charge is 0.251 e. The molecule has 0 bridgehead atoms. The summed E-state index contributed by atoms with van der Waals surface area (Å²) >= 11 is 13.4. The molecule has 22 heavy (non-hydrogen) atoms. The Labute approximate surface area is 152 Å². The minimum atomic E-state index is 0.524. The van der Waals surface area contributed by atoms with Crippen LogP contribution in [0.15, 0.2) is 67.7 Å².